The Kier molecular flexibility index (Phi) is 4.59. The van der Waals surface area contributed by atoms with Crippen LogP contribution in [0, 0.1) is 6.92 Å². The number of rotatable bonds is 4. The average Bonchev–Trinajstić information content (AvgIpc) is 3.43. The first kappa shape index (κ1) is 18.8. The second-order valence-electron chi connectivity index (χ2n) is 7.09. The molecule has 2 heterocycles. The van der Waals surface area contributed by atoms with E-state index in [2.05, 4.69) is 10.6 Å². The molecule has 3 aromatic rings. The summed E-state index contributed by atoms with van der Waals surface area (Å²) in [5.74, 6) is 1.58. The number of amides is 2. The Hall–Kier alpha value is -4.20. The van der Waals surface area contributed by atoms with E-state index in [9.17, 15) is 9.59 Å². The van der Waals surface area contributed by atoms with E-state index in [1.54, 1.807) is 48.5 Å². The van der Waals surface area contributed by atoms with Crippen LogP contribution in [0.5, 0.6) is 23.0 Å². The Morgan fingerprint density at radius 3 is 1.74 bits per heavy atom. The highest BCUT2D eigenvalue weighted by Crippen LogP contribution is 2.34. The molecule has 2 amide bonds. The van der Waals surface area contributed by atoms with E-state index in [0.717, 1.165) is 5.56 Å². The lowest BCUT2D eigenvalue weighted by atomic mass is 10.1. The largest absolute Gasteiger partial charge is 0.454 e. The van der Waals surface area contributed by atoms with E-state index >= 15 is 0 Å². The standard InChI is InChI=1S/C23H18N2O6/c1-13-2-5-16(24-22(26)14-3-6-18-20(9-14)30-11-28-18)17(8-13)25-23(27)15-4-7-19-21(10-15)31-12-29-19/h2-10H,11-12H2,1H3,(H,24,26)(H,25,27). The number of hydrogen-bond acceptors (Lipinski definition) is 6. The first-order chi connectivity index (χ1) is 15.1. The first-order valence-electron chi connectivity index (χ1n) is 9.59. The van der Waals surface area contributed by atoms with Gasteiger partial charge in [0.2, 0.25) is 13.6 Å². The molecule has 2 aliphatic rings. The number of anilines is 2. The van der Waals surface area contributed by atoms with Gasteiger partial charge < -0.3 is 29.6 Å². The molecule has 156 valence electrons. The second-order valence-corrected chi connectivity index (χ2v) is 7.09. The van der Waals surface area contributed by atoms with Gasteiger partial charge in [-0.3, -0.25) is 9.59 Å². The minimum Gasteiger partial charge on any atom is -0.454 e. The van der Waals surface area contributed by atoms with E-state index < -0.39 is 0 Å². The molecule has 0 saturated heterocycles. The number of nitrogens with one attached hydrogen (secondary N) is 2. The van der Waals surface area contributed by atoms with E-state index in [0.29, 0.717) is 45.5 Å². The molecule has 0 bridgehead atoms. The van der Waals surface area contributed by atoms with Crippen LogP contribution in [0.15, 0.2) is 54.6 Å². The van der Waals surface area contributed by atoms with Crippen molar-refractivity contribution in [2.45, 2.75) is 6.92 Å². The molecule has 0 radical (unpaired) electrons. The molecule has 31 heavy (non-hydrogen) atoms. The summed E-state index contributed by atoms with van der Waals surface area (Å²) >= 11 is 0. The van der Waals surface area contributed by atoms with Crippen molar-refractivity contribution >= 4 is 23.2 Å². The number of hydrogen-bond donors (Lipinski definition) is 2. The predicted molar refractivity (Wildman–Crippen MR) is 112 cm³/mol. The zero-order chi connectivity index (χ0) is 21.4. The molecule has 5 rings (SSSR count). The SMILES string of the molecule is Cc1ccc(NC(=O)c2ccc3c(c2)OCO3)c(NC(=O)c2ccc3c(c2)OCO3)c1. The molecule has 3 aromatic carbocycles. The van der Waals surface area contributed by atoms with Crippen molar-refractivity contribution < 1.29 is 28.5 Å². The Balaban J connectivity index is 1.37. The molecule has 0 atom stereocenters. The van der Waals surface area contributed by atoms with Gasteiger partial charge in [-0.05, 0) is 61.0 Å². The van der Waals surface area contributed by atoms with Crippen molar-refractivity contribution in [2.75, 3.05) is 24.2 Å². The van der Waals surface area contributed by atoms with Gasteiger partial charge in [0, 0.05) is 11.1 Å². The van der Waals surface area contributed by atoms with Crippen molar-refractivity contribution in [3.8, 4) is 23.0 Å². The average molecular weight is 418 g/mol. The summed E-state index contributed by atoms with van der Waals surface area (Å²) in [4.78, 5) is 25.6. The molecule has 0 aromatic heterocycles. The van der Waals surface area contributed by atoms with Crippen molar-refractivity contribution in [1.82, 2.24) is 0 Å². The summed E-state index contributed by atoms with van der Waals surface area (Å²) in [5, 5.41) is 5.71. The van der Waals surface area contributed by atoms with Crippen LogP contribution in [0.25, 0.3) is 0 Å². The van der Waals surface area contributed by atoms with Gasteiger partial charge in [-0.1, -0.05) is 6.07 Å². The van der Waals surface area contributed by atoms with Gasteiger partial charge in [0.25, 0.3) is 11.8 Å². The van der Waals surface area contributed by atoms with E-state index in [1.807, 2.05) is 13.0 Å². The smallest absolute Gasteiger partial charge is 0.255 e. The summed E-state index contributed by atoms with van der Waals surface area (Å²) in [6.45, 7) is 2.17. The fraction of sp³-hybridized carbons (Fsp3) is 0.130. The van der Waals surface area contributed by atoms with Crippen molar-refractivity contribution in [3.05, 3.63) is 71.3 Å². The van der Waals surface area contributed by atoms with Crippen LogP contribution < -0.4 is 29.6 Å². The Bertz CT molecular complexity index is 1210. The van der Waals surface area contributed by atoms with Gasteiger partial charge in [-0.25, -0.2) is 0 Å². The lowest BCUT2D eigenvalue weighted by Crippen LogP contribution is -2.17. The number of fused-ring (bicyclic) bond motifs is 2. The third-order valence-corrected chi connectivity index (χ3v) is 4.94. The Labute approximate surface area is 177 Å². The number of carbonyl (C=O) groups excluding carboxylic acids is 2. The predicted octanol–water partition coefficient (Wildman–Crippen LogP) is 3.96. The van der Waals surface area contributed by atoms with E-state index in [4.69, 9.17) is 18.9 Å². The molecular formula is C23H18N2O6. The summed E-state index contributed by atoms with van der Waals surface area (Å²) < 4.78 is 21.2. The van der Waals surface area contributed by atoms with Gasteiger partial charge in [0.15, 0.2) is 23.0 Å². The fourth-order valence-corrected chi connectivity index (χ4v) is 3.34. The molecule has 8 nitrogen and oxygen atoms in total. The molecule has 8 heteroatoms. The summed E-state index contributed by atoms with van der Waals surface area (Å²) in [5.41, 5.74) is 2.72. The van der Waals surface area contributed by atoms with Crippen LogP contribution in [0.1, 0.15) is 26.3 Å². The van der Waals surface area contributed by atoms with Crippen LogP contribution in [0.4, 0.5) is 11.4 Å². The third-order valence-electron chi connectivity index (χ3n) is 4.94. The van der Waals surface area contributed by atoms with Gasteiger partial charge in [0.05, 0.1) is 11.4 Å². The maximum atomic E-state index is 12.8. The molecule has 2 N–H and O–H groups in total. The normalized spacial score (nSPS) is 13.1. The van der Waals surface area contributed by atoms with Gasteiger partial charge in [-0.15, -0.1) is 0 Å². The lowest BCUT2D eigenvalue weighted by Gasteiger charge is -2.14. The van der Waals surface area contributed by atoms with Gasteiger partial charge in [0.1, 0.15) is 0 Å². The zero-order valence-corrected chi connectivity index (χ0v) is 16.6. The third kappa shape index (κ3) is 3.71. The topological polar surface area (TPSA) is 95.1 Å². The minimum absolute atomic E-state index is 0.133. The van der Waals surface area contributed by atoms with Crippen molar-refractivity contribution in [3.63, 3.8) is 0 Å². The Morgan fingerprint density at radius 1 is 0.645 bits per heavy atom. The fourth-order valence-electron chi connectivity index (χ4n) is 3.34. The molecule has 0 saturated carbocycles. The summed E-state index contributed by atoms with van der Waals surface area (Å²) in [6.07, 6.45) is 0. The number of ether oxygens (including phenoxy) is 4. The molecule has 0 unspecified atom stereocenters. The van der Waals surface area contributed by atoms with Crippen molar-refractivity contribution in [2.24, 2.45) is 0 Å². The van der Waals surface area contributed by atoms with Crippen molar-refractivity contribution in [1.29, 1.82) is 0 Å². The van der Waals surface area contributed by atoms with Crippen LogP contribution >= 0.6 is 0 Å². The summed E-state index contributed by atoms with van der Waals surface area (Å²) in [6, 6.07) is 15.3. The molecule has 0 aliphatic carbocycles. The highest BCUT2D eigenvalue weighted by Gasteiger charge is 2.19. The molecule has 0 fully saturated rings. The summed E-state index contributed by atoms with van der Waals surface area (Å²) in [7, 11) is 0. The van der Waals surface area contributed by atoms with Gasteiger partial charge >= 0.3 is 0 Å². The maximum absolute atomic E-state index is 12.8. The van der Waals surface area contributed by atoms with E-state index in [-0.39, 0.29) is 25.4 Å². The monoisotopic (exact) mass is 418 g/mol. The number of aryl methyl sites for hydroxylation is 1. The van der Waals surface area contributed by atoms with E-state index in [1.165, 1.54) is 0 Å². The Morgan fingerprint density at radius 2 is 1.16 bits per heavy atom. The van der Waals surface area contributed by atoms with Crippen LogP contribution in [-0.4, -0.2) is 25.4 Å². The van der Waals surface area contributed by atoms with Crippen LogP contribution in [-0.2, 0) is 0 Å². The highest BCUT2D eigenvalue weighted by molar-refractivity contribution is 6.10. The quantitative estimate of drug-likeness (QED) is 0.666. The number of carbonyl (C=O) groups is 2. The van der Waals surface area contributed by atoms with Crippen LogP contribution in [0.3, 0.4) is 0 Å². The zero-order valence-electron chi connectivity index (χ0n) is 16.6. The highest BCUT2D eigenvalue weighted by atomic mass is 16.7. The van der Waals surface area contributed by atoms with Gasteiger partial charge in [-0.2, -0.15) is 0 Å². The van der Waals surface area contributed by atoms with Crippen LogP contribution in [0.2, 0.25) is 0 Å². The second kappa shape index (κ2) is 7.56. The minimum atomic E-state index is -0.333. The lowest BCUT2D eigenvalue weighted by molar-refractivity contribution is 0.101. The molecular weight excluding hydrogens is 400 g/mol. The molecule has 2 aliphatic heterocycles. The number of benzene rings is 3. The first-order valence-corrected chi connectivity index (χ1v) is 9.59. The maximum Gasteiger partial charge on any atom is 0.255 e. The molecule has 0 spiro atoms.